The zero-order valence-corrected chi connectivity index (χ0v) is 14.1. The van der Waals surface area contributed by atoms with Crippen LogP contribution in [0.1, 0.15) is 68.3 Å². The van der Waals surface area contributed by atoms with Crippen LogP contribution < -0.4 is 4.74 Å². The van der Waals surface area contributed by atoms with Gasteiger partial charge in [-0.2, -0.15) is 0 Å². The van der Waals surface area contributed by atoms with E-state index < -0.39 is 0 Å². The SMILES string of the molecule is CCCCCCC/C=C/c1cccc(OC)c1C(=O)OCC. The first-order valence-electron chi connectivity index (χ1n) is 8.25. The zero-order chi connectivity index (χ0) is 16.2. The van der Waals surface area contributed by atoms with E-state index in [0.717, 1.165) is 12.0 Å². The van der Waals surface area contributed by atoms with E-state index in [1.165, 1.54) is 32.1 Å². The number of benzene rings is 1. The summed E-state index contributed by atoms with van der Waals surface area (Å²) >= 11 is 0. The van der Waals surface area contributed by atoms with E-state index in [9.17, 15) is 4.79 Å². The van der Waals surface area contributed by atoms with Gasteiger partial charge in [0.2, 0.25) is 0 Å². The third-order valence-corrected chi connectivity index (χ3v) is 3.53. The predicted molar refractivity (Wildman–Crippen MR) is 91.4 cm³/mol. The Balaban J connectivity index is 2.70. The molecule has 1 rings (SSSR count). The minimum Gasteiger partial charge on any atom is -0.496 e. The number of carbonyl (C=O) groups excluding carboxylic acids is 1. The topological polar surface area (TPSA) is 35.5 Å². The van der Waals surface area contributed by atoms with Gasteiger partial charge in [0.1, 0.15) is 11.3 Å². The van der Waals surface area contributed by atoms with Crippen LogP contribution >= 0.6 is 0 Å². The fourth-order valence-electron chi connectivity index (χ4n) is 2.35. The molecule has 0 aliphatic heterocycles. The number of hydrogen-bond acceptors (Lipinski definition) is 3. The Kier molecular flexibility index (Phi) is 9.04. The number of carbonyl (C=O) groups is 1. The number of allylic oxidation sites excluding steroid dienone is 1. The van der Waals surface area contributed by atoms with E-state index in [4.69, 9.17) is 9.47 Å². The summed E-state index contributed by atoms with van der Waals surface area (Å²) in [6.45, 7) is 4.39. The van der Waals surface area contributed by atoms with Crippen molar-refractivity contribution < 1.29 is 14.3 Å². The summed E-state index contributed by atoms with van der Waals surface area (Å²) in [5.41, 5.74) is 1.36. The fraction of sp³-hybridized carbons (Fsp3) is 0.526. The van der Waals surface area contributed by atoms with Crippen molar-refractivity contribution in [3.63, 3.8) is 0 Å². The molecule has 0 amide bonds. The highest BCUT2D eigenvalue weighted by molar-refractivity contribution is 5.96. The van der Waals surface area contributed by atoms with Crippen molar-refractivity contribution >= 4 is 12.0 Å². The highest BCUT2D eigenvalue weighted by Crippen LogP contribution is 2.24. The molecule has 0 saturated carbocycles. The highest BCUT2D eigenvalue weighted by Gasteiger charge is 2.16. The van der Waals surface area contributed by atoms with E-state index in [-0.39, 0.29) is 5.97 Å². The second-order valence-electron chi connectivity index (χ2n) is 5.25. The average Bonchev–Trinajstić information content (AvgIpc) is 2.53. The Morgan fingerprint density at radius 3 is 2.59 bits per heavy atom. The van der Waals surface area contributed by atoms with E-state index in [2.05, 4.69) is 13.0 Å². The van der Waals surface area contributed by atoms with Gasteiger partial charge >= 0.3 is 5.97 Å². The van der Waals surface area contributed by atoms with Gasteiger partial charge in [0.05, 0.1) is 13.7 Å². The van der Waals surface area contributed by atoms with Crippen LogP contribution in [-0.2, 0) is 4.74 Å². The molecular formula is C19H28O3. The normalized spacial score (nSPS) is 10.9. The van der Waals surface area contributed by atoms with Crippen LogP contribution in [-0.4, -0.2) is 19.7 Å². The molecule has 3 heteroatoms. The molecule has 0 aromatic heterocycles. The minimum atomic E-state index is -0.331. The van der Waals surface area contributed by atoms with Crippen LogP contribution in [0.5, 0.6) is 5.75 Å². The first-order valence-corrected chi connectivity index (χ1v) is 8.25. The fourth-order valence-corrected chi connectivity index (χ4v) is 2.35. The molecule has 22 heavy (non-hydrogen) atoms. The summed E-state index contributed by atoms with van der Waals surface area (Å²) in [6.07, 6.45) is 11.5. The van der Waals surface area contributed by atoms with Gasteiger partial charge in [-0.3, -0.25) is 0 Å². The van der Waals surface area contributed by atoms with Gasteiger partial charge in [0, 0.05) is 0 Å². The summed E-state index contributed by atoms with van der Waals surface area (Å²) in [5, 5.41) is 0. The van der Waals surface area contributed by atoms with Gasteiger partial charge in [-0.05, 0) is 31.4 Å². The molecule has 3 nitrogen and oxygen atoms in total. The monoisotopic (exact) mass is 304 g/mol. The minimum absolute atomic E-state index is 0.331. The van der Waals surface area contributed by atoms with Crippen LogP contribution in [0.25, 0.3) is 6.08 Å². The number of esters is 1. The van der Waals surface area contributed by atoms with Crippen LogP contribution in [0.15, 0.2) is 24.3 Å². The van der Waals surface area contributed by atoms with Crippen LogP contribution in [0.2, 0.25) is 0 Å². The Labute approximate surface area is 134 Å². The number of ether oxygens (including phenoxy) is 2. The average molecular weight is 304 g/mol. The molecule has 0 aliphatic carbocycles. The predicted octanol–water partition coefficient (Wildman–Crippen LogP) is 5.25. The van der Waals surface area contributed by atoms with Crippen LogP contribution in [0.4, 0.5) is 0 Å². The van der Waals surface area contributed by atoms with Gasteiger partial charge < -0.3 is 9.47 Å². The molecule has 0 atom stereocenters. The molecule has 1 aromatic carbocycles. The van der Waals surface area contributed by atoms with Crippen LogP contribution in [0, 0.1) is 0 Å². The Hall–Kier alpha value is -1.77. The van der Waals surface area contributed by atoms with Gasteiger partial charge in [-0.25, -0.2) is 4.79 Å². The molecule has 0 bridgehead atoms. The van der Waals surface area contributed by atoms with Crippen molar-refractivity contribution in [3.05, 3.63) is 35.4 Å². The second kappa shape index (κ2) is 10.9. The van der Waals surface area contributed by atoms with E-state index >= 15 is 0 Å². The van der Waals surface area contributed by atoms with E-state index in [1.807, 2.05) is 18.2 Å². The molecule has 0 heterocycles. The maximum Gasteiger partial charge on any atom is 0.342 e. The molecule has 122 valence electrons. The molecule has 1 aromatic rings. The maximum absolute atomic E-state index is 12.1. The number of methoxy groups -OCH3 is 1. The summed E-state index contributed by atoms with van der Waals surface area (Å²) in [4.78, 5) is 12.1. The van der Waals surface area contributed by atoms with Crippen LogP contribution in [0.3, 0.4) is 0 Å². The largest absolute Gasteiger partial charge is 0.496 e. The first kappa shape index (κ1) is 18.3. The van der Waals surface area contributed by atoms with Crippen molar-refractivity contribution in [3.8, 4) is 5.75 Å². The summed E-state index contributed by atoms with van der Waals surface area (Å²) in [6, 6.07) is 5.60. The molecule has 0 N–H and O–H groups in total. The lowest BCUT2D eigenvalue weighted by Gasteiger charge is -2.10. The number of rotatable bonds is 10. The van der Waals surface area contributed by atoms with Crippen molar-refractivity contribution in [1.29, 1.82) is 0 Å². The smallest absolute Gasteiger partial charge is 0.342 e. The second-order valence-corrected chi connectivity index (χ2v) is 5.25. The molecule has 0 spiro atoms. The lowest BCUT2D eigenvalue weighted by Crippen LogP contribution is -2.08. The Bertz CT molecular complexity index is 478. The van der Waals surface area contributed by atoms with Gasteiger partial charge in [-0.1, -0.05) is 56.9 Å². The molecule has 0 radical (unpaired) electrons. The standard InChI is InChI=1S/C19H28O3/c1-4-6-7-8-9-10-11-13-16-14-12-15-17(21-3)18(16)19(20)22-5-2/h11-15H,4-10H2,1-3H3/b13-11+. The third kappa shape index (κ3) is 5.92. The molecule has 0 saturated heterocycles. The lowest BCUT2D eigenvalue weighted by molar-refractivity contribution is 0.0522. The van der Waals surface area contributed by atoms with E-state index in [1.54, 1.807) is 20.1 Å². The van der Waals surface area contributed by atoms with Gasteiger partial charge in [-0.15, -0.1) is 0 Å². The molecular weight excluding hydrogens is 276 g/mol. The van der Waals surface area contributed by atoms with Crippen molar-refractivity contribution in [2.45, 2.75) is 52.4 Å². The van der Waals surface area contributed by atoms with Crippen molar-refractivity contribution in [2.24, 2.45) is 0 Å². The first-order chi connectivity index (χ1) is 10.7. The maximum atomic E-state index is 12.1. The summed E-state index contributed by atoms with van der Waals surface area (Å²) in [7, 11) is 1.57. The van der Waals surface area contributed by atoms with Gasteiger partial charge in [0.15, 0.2) is 0 Å². The zero-order valence-electron chi connectivity index (χ0n) is 14.1. The molecule has 0 unspecified atom stereocenters. The Morgan fingerprint density at radius 2 is 1.91 bits per heavy atom. The van der Waals surface area contributed by atoms with E-state index in [0.29, 0.717) is 17.9 Å². The number of unbranched alkanes of at least 4 members (excludes halogenated alkanes) is 5. The van der Waals surface area contributed by atoms with Gasteiger partial charge in [0.25, 0.3) is 0 Å². The van der Waals surface area contributed by atoms with Crippen molar-refractivity contribution in [1.82, 2.24) is 0 Å². The summed E-state index contributed by atoms with van der Waals surface area (Å²) in [5.74, 6) is 0.228. The Morgan fingerprint density at radius 1 is 1.14 bits per heavy atom. The highest BCUT2D eigenvalue weighted by atomic mass is 16.5. The molecule has 0 fully saturated rings. The van der Waals surface area contributed by atoms with Crippen molar-refractivity contribution in [2.75, 3.05) is 13.7 Å². The quantitative estimate of drug-likeness (QED) is 0.437. The summed E-state index contributed by atoms with van der Waals surface area (Å²) < 4.78 is 10.4. The molecule has 0 aliphatic rings. The lowest BCUT2D eigenvalue weighted by atomic mass is 10.0. The number of hydrogen-bond donors (Lipinski definition) is 0. The third-order valence-electron chi connectivity index (χ3n) is 3.53.